The van der Waals surface area contributed by atoms with Crippen LogP contribution < -0.4 is 14.9 Å². The molecule has 0 saturated heterocycles. The van der Waals surface area contributed by atoms with E-state index in [0.29, 0.717) is 17.3 Å². The van der Waals surface area contributed by atoms with Gasteiger partial charge in [-0.25, -0.2) is 5.43 Å². The fourth-order valence-electron chi connectivity index (χ4n) is 1.90. The maximum Gasteiger partial charge on any atom is 0.284 e. The molecule has 1 atom stereocenters. The molecule has 21 heavy (non-hydrogen) atoms. The normalized spacial score (nSPS) is 16.9. The summed E-state index contributed by atoms with van der Waals surface area (Å²) in [7, 11) is 0. The van der Waals surface area contributed by atoms with Crippen molar-refractivity contribution in [2.75, 3.05) is 6.61 Å². The summed E-state index contributed by atoms with van der Waals surface area (Å²) in [6, 6.07) is 10.8. The minimum Gasteiger partial charge on any atom is -0.485 e. The molecule has 1 aromatic heterocycles. The van der Waals surface area contributed by atoms with E-state index >= 15 is 0 Å². The Balaban J connectivity index is 1.58. The third kappa shape index (κ3) is 3.05. The van der Waals surface area contributed by atoms with Gasteiger partial charge in [0.15, 0.2) is 11.5 Å². The SMILES string of the molecule is Cc1ccc(/C=N\NC(=O)C2COc3ccccc3O2)o1. The molecule has 6 heteroatoms. The molecule has 1 aliphatic rings. The fourth-order valence-corrected chi connectivity index (χ4v) is 1.90. The average Bonchev–Trinajstić information content (AvgIpc) is 2.92. The zero-order valence-corrected chi connectivity index (χ0v) is 11.4. The lowest BCUT2D eigenvalue weighted by atomic mass is 10.2. The zero-order chi connectivity index (χ0) is 14.7. The van der Waals surface area contributed by atoms with Gasteiger partial charge < -0.3 is 13.9 Å². The molecule has 0 spiro atoms. The standard InChI is InChI=1S/C15H14N2O4/c1-10-6-7-11(20-10)8-16-17-15(18)14-9-19-12-4-2-3-5-13(12)21-14/h2-8,14H,9H2,1H3,(H,17,18)/b16-8-. The first kappa shape index (κ1) is 13.2. The van der Waals surface area contributed by atoms with Crippen LogP contribution in [0.5, 0.6) is 11.5 Å². The van der Waals surface area contributed by atoms with E-state index in [1.54, 1.807) is 18.2 Å². The number of ether oxygens (including phenoxy) is 2. The number of nitrogens with zero attached hydrogens (tertiary/aromatic N) is 1. The van der Waals surface area contributed by atoms with Gasteiger partial charge in [-0.05, 0) is 31.2 Å². The van der Waals surface area contributed by atoms with Crippen LogP contribution in [0.1, 0.15) is 11.5 Å². The molecule has 0 radical (unpaired) electrons. The number of nitrogens with one attached hydrogen (secondary N) is 1. The van der Waals surface area contributed by atoms with Gasteiger partial charge in [0.2, 0.25) is 6.10 Å². The first-order chi connectivity index (χ1) is 10.2. The highest BCUT2D eigenvalue weighted by Gasteiger charge is 2.26. The number of fused-ring (bicyclic) bond motifs is 1. The summed E-state index contributed by atoms with van der Waals surface area (Å²) >= 11 is 0. The number of hydrogen-bond acceptors (Lipinski definition) is 5. The lowest BCUT2D eigenvalue weighted by Crippen LogP contribution is -2.42. The molecule has 1 aliphatic heterocycles. The van der Waals surface area contributed by atoms with Crippen LogP contribution in [0.25, 0.3) is 0 Å². The third-order valence-electron chi connectivity index (χ3n) is 2.93. The van der Waals surface area contributed by atoms with Gasteiger partial charge in [0.05, 0.1) is 6.21 Å². The highest BCUT2D eigenvalue weighted by Crippen LogP contribution is 2.30. The Labute approximate surface area is 121 Å². The summed E-state index contributed by atoms with van der Waals surface area (Å²) in [6.07, 6.45) is 0.707. The maximum atomic E-state index is 11.9. The lowest BCUT2D eigenvalue weighted by Gasteiger charge is -2.24. The average molecular weight is 286 g/mol. The summed E-state index contributed by atoms with van der Waals surface area (Å²) < 4.78 is 16.3. The monoisotopic (exact) mass is 286 g/mol. The molecular formula is C15H14N2O4. The van der Waals surface area contributed by atoms with Crippen molar-refractivity contribution in [1.29, 1.82) is 0 Å². The molecule has 1 N–H and O–H groups in total. The number of benzene rings is 1. The van der Waals surface area contributed by atoms with Gasteiger partial charge in [0, 0.05) is 0 Å². The van der Waals surface area contributed by atoms with E-state index in [2.05, 4.69) is 10.5 Å². The molecule has 1 unspecified atom stereocenters. The smallest absolute Gasteiger partial charge is 0.284 e. The molecule has 0 fully saturated rings. The summed E-state index contributed by atoms with van der Waals surface area (Å²) in [5, 5.41) is 3.83. The second-order valence-corrected chi connectivity index (χ2v) is 4.55. The fraction of sp³-hybridized carbons (Fsp3) is 0.200. The second kappa shape index (κ2) is 5.70. The number of hydrazone groups is 1. The minimum atomic E-state index is -0.726. The number of hydrogen-bond donors (Lipinski definition) is 1. The number of amides is 1. The quantitative estimate of drug-likeness (QED) is 0.690. The van der Waals surface area contributed by atoms with Crippen LogP contribution in [-0.4, -0.2) is 24.8 Å². The molecular weight excluding hydrogens is 272 g/mol. The number of carbonyl (C=O) groups excluding carboxylic acids is 1. The topological polar surface area (TPSA) is 73.1 Å². The van der Waals surface area contributed by atoms with Gasteiger partial charge in [-0.2, -0.15) is 5.10 Å². The Kier molecular flexibility index (Phi) is 3.59. The number of para-hydroxylation sites is 2. The van der Waals surface area contributed by atoms with Crippen LogP contribution in [0.3, 0.4) is 0 Å². The molecule has 2 aromatic rings. The van der Waals surface area contributed by atoms with Gasteiger partial charge in [-0.15, -0.1) is 0 Å². The molecule has 0 aliphatic carbocycles. The second-order valence-electron chi connectivity index (χ2n) is 4.55. The van der Waals surface area contributed by atoms with E-state index < -0.39 is 6.10 Å². The van der Waals surface area contributed by atoms with Crippen LogP contribution in [-0.2, 0) is 4.79 Å². The van der Waals surface area contributed by atoms with Gasteiger partial charge in [-0.3, -0.25) is 4.79 Å². The Bertz CT molecular complexity index is 678. The predicted molar refractivity (Wildman–Crippen MR) is 75.5 cm³/mol. The molecule has 1 amide bonds. The van der Waals surface area contributed by atoms with Crippen molar-refractivity contribution < 1.29 is 18.7 Å². The van der Waals surface area contributed by atoms with Crippen LogP contribution in [0.2, 0.25) is 0 Å². The number of carbonyl (C=O) groups is 1. The van der Waals surface area contributed by atoms with E-state index in [9.17, 15) is 4.79 Å². The number of aryl methyl sites for hydroxylation is 1. The molecule has 6 nitrogen and oxygen atoms in total. The van der Waals surface area contributed by atoms with Crippen molar-refractivity contribution in [3.63, 3.8) is 0 Å². The maximum absolute atomic E-state index is 11.9. The summed E-state index contributed by atoms with van der Waals surface area (Å²) in [5.41, 5.74) is 2.41. The van der Waals surface area contributed by atoms with Gasteiger partial charge in [-0.1, -0.05) is 12.1 Å². The lowest BCUT2D eigenvalue weighted by molar-refractivity contribution is -0.130. The number of furan rings is 1. The Morgan fingerprint density at radius 1 is 1.29 bits per heavy atom. The summed E-state index contributed by atoms with van der Waals surface area (Å²) in [5.74, 6) is 2.16. The summed E-state index contributed by atoms with van der Waals surface area (Å²) in [4.78, 5) is 11.9. The van der Waals surface area contributed by atoms with Crippen molar-refractivity contribution in [1.82, 2.24) is 5.43 Å². The zero-order valence-electron chi connectivity index (χ0n) is 11.4. The third-order valence-corrected chi connectivity index (χ3v) is 2.93. The van der Waals surface area contributed by atoms with Crippen molar-refractivity contribution in [2.24, 2.45) is 5.10 Å². The van der Waals surface area contributed by atoms with E-state index in [1.165, 1.54) is 6.21 Å². The Morgan fingerprint density at radius 3 is 2.86 bits per heavy atom. The largest absolute Gasteiger partial charge is 0.485 e. The van der Waals surface area contributed by atoms with E-state index in [0.717, 1.165) is 5.76 Å². The van der Waals surface area contributed by atoms with Gasteiger partial charge in [0.25, 0.3) is 5.91 Å². The first-order valence-corrected chi connectivity index (χ1v) is 6.50. The van der Waals surface area contributed by atoms with Gasteiger partial charge in [0.1, 0.15) is 18.1 Å². The van der Waals surface area contributed by atoms with Crippen molar-refractivity contribution >= 4 is 12.1 Å². The van der Waals surface area contributed by atoms with Gasteiger partial charge >= 0.3 is 0 Å². The Hall–Kier alpha value is -2.76. The Morgan fingerprint density at radius 2 is 2.10 bits per heavy atom. The van der Waals surface area contributed by atoms with E-state index in [4.69, 9.17) is 13.9 Å². The highest BCUT2D eigenvalue weighted by molar-refractivity contribution is 5.83. The van der Waals surface area contributed by atoms with E-state index in [1.807, 2.05) is 25.1 Å². The van der Waals surface area contributed by atoms with Crippen LogP contribution in [0.15, 0.2) is 45.9 Å². The molecule has 0 bridgehead atoms. The molecule has 108 valence electrons. The van der Waals surface area contributed by atoms with Crippen molar-refractivity contribution in [2.45, 2.75) is 13.0 Å². The first-order valence-electron chi connectivity index (χ1n) is 6.50. The van der Waals surface area contributed by atoms with Crippen molar-refractivity contribution in [3.05, 3.63) is 47.9 Å². The van der Waals surface area contributed by atoms with Crippen LogP contribution >= 0.6 is 0 Å². The van der Waals surface area contributed by atoms with E-state index in [-0.39, 0.29) is 12.5 Å². The summed E-state index contributed by atoms with van der Waals surface area (Å²) in [6.45, 7) is 1.98. The van der Waals surface area contributed by atoms with Crippen molar-refractivity contribution in [3.8, 4) is 11.5 Å². The molecule has 2 heterocycles. The molecule has 1 aromatic carbocycles. The van der Waals surface area contributed by atoms with Crippen LogP contribution in [0, 0.1) is 6.92 Å². The number of rotatable bonds is 3. The minimum absolute atomic E-state index is 0.151. The molecule has 3 rings (SSSR count). The highest BCUT2D eigenvalue weighted by atomic mass is 16.6. The predicted octanol–water partition coefficient (Wildman–Crippen LogP) is 1.88. The molecule has 0 saturated carbocycles. The van der Waals surface area contributed by atoms with Crippen LogP contribution in [0.4, 0.5) is 0 Å².